The minimum atomic E-state index is -1.37. The van der Waals surface area contributed by atoms with Crippen LogP contribution in [0.3, 0.4) is 0 Å². The number of hydrogen-bond acceptors (Lipinski definition) is 8. The number of aliphatic hydroxyl groups is 3. The average molecular weight is 534 g/mol. The molecule has 0 aromatic rings. The highest BCUT2D eigenvalue weighted by atomic mass is 35.5. The van der Waals surface area contributed by atoms with Crippen molar-refractivity contribution in [3.63, 3.8) is 0 Å². The van der Waals surface area contributed by atoms with Crippen LogP contribution in [0.5, 0.6) is 0 Å². The van der Waals surface area contributed by atoms with Crippen molar-refractivity contribution in [1.29, 1.82) is 0 Å². The van der Waals surface area contributed by atoms with E-state index >= 15 is 0 Å². The van der Waals surface area contributed by atoms with Crippen LogP contribution in [-0.4, -0.2) is 93.9 Å². The number of fused-ring (bicyclic) bond motifs is 1. The molecule has 3 aliphatic carbocycles. The highest BCUT2D eigenvalue weighted by Crippen LogP contribution is 2.48. The van der Waals surface area contributed by atoms with Crippen molar-refractivity contribution in [2.75, 3.05) is 19.3 Å². The zero-order valence-corrected chi connectivity index (χ0v) is 22.5. The number of amides is 1. The van der Waals surface area contributed by atoms with Crippen molar-refractivity contribution in [3.8, 4) is 0 Å². The van der Waals surface area contributed by atoms with Gasteiger partial charge in [-0.25, -0.2) is 0 Å². The molecule has 5 rings (SSSR count). The third kappa shape index (κ3) is 6.66. The molecule has 2 bridgehead atoms. The van der Waals surface area contributed by atoms with Crippen LogP contribution in [0.25, 0.3) is 0 Å². The molecule has 2 aliphatic heterocycles. The maximum Gasteiger partial charge on any atom is 0.237 e. The van der Waals surface area contributed by atoms with Gasteiger partial charge in [0.15, 0.2) is 0 Å². The van der Waals surface area contributed by atoms with Gasteiger partial charge in [0.1, 0.15) is 29.9 Å². The summed E-state index contributed by atoms with van der Waals surface area (Å²) < 4.78 is 5.86. The zero-order valence-electron chi connectivity index (χ0n) is 20.9. The molecule has 6 N–H and O–H groups in total. The van der Waals surface area contributed by atoms with E-state index in [9.17, 15) is 20.1 Å². The molecule has 202 valence electrons. The van der Waals surface area contributed by atoms with Gasteiger partial charge in [-0.05, 0) is 95.4 Å². The quantitative estimate of drug-likeness (QED) is 0.183. The van der Waals surface area contributed by atoms with Crippen LogP contribution < -0.4 is 16.0 Å². The number of thioether (sulfide) groups is 1. The Hall–Kier alpha value is -0.130. The van der Waals surface area contributed by atoms with Crippen LogP contribution >= 0.6 is 23.4 Å². The van der Waals surface area contributed by atoms with E-state index in [-0.39, 0.29) is 11.9 Å². The SMILES string of the molecule is CSC1O[C@H]([C@H](NC(=O)[C@@H]2CC[C@H](CCCNC3C[C@H]4C[C@H]3C4)CCN2)[C@H](C)Cl)C(O)C(O)[C@H]1O. The van der Waals surface area contributed by atoms with Crippen LogP contribution in [0.4, 0.5) is 0 Å². The number of carbonyl (C=O) groups excluding carboxylic acids is 1. The number of rotatable bonds is 10. The molecule has 2 heterocycles. The first-order chi connectivity index (χ1) is 16.8. The molecule has 4 unspecified atom stereocenters. The summed E-state index contributed by atoms with van der Waals surface area (Å²) in [6.45, 7) is 3.62. The van der Waals surface area contributed by atoms with Crippen LogP contribution in [0.1, 0.15) is 58.3 Å². The lowest BCUT2D eigenvalue weighted by Gasteiger charge is -2.44. The van der Waals surface area contributed by atoms with Gasteiger partial charge in [-0.1, -0.05) is 0 Å². The van der Waals surface area contributed by atoms with E-state index in [1.807, 2.05) is 0 Å². The molecule has 8 nitrogen and oxygen atoms in total. The lowest BCUT2D eigenvalue weighted by atomic mass is 9.84. The largest absolute Gasteiger partial charge is 0.388 e. The first kappa shape index (κ1) is 27.9. The normalized spacial score (nSPS) is 43.1. The van der Waals surface area contributed by atoms with E-state index in [4.69, 9.17) is 16.3 Å². The molecule has 10 atom stereocenters. The van der Waals surface area contributed by atoms with E-state index in [0.717, 1.165) is 50.2 Å². The highest BCUT2D eigenvalue weighted by molar-refractivity contribution is 7.99. The van der Waals surface area contributed by atoms with Crippen LogP contribution in [0.2, 0.25) is 0 Å². The van der Waals surface area contributed by atoms with Gasteiger partial charge >= 0.3 is 0 Å². The maximum absolute atomic E-state index is 13.2. The van der Waals surface area contributed by atoms with Crippen molar-refractivity contribution >= 4 is 29.3 Å². The summed E-state index contributed by atoms with van der Waals surface area (Å²) in [7, 11) is 0. The van der Waals surface area contributed by atoms with E-state index in [0.29, 0.717) is 5.92 Å². The van der Waals surface area contributed by atoms with Gasteiger partial charge < -0.3 is 36.0 Å². The topological polar surface area (TPSA) is 123 Å². The van der Waals surface area contributed by atoms with Crippen molar-refractivity contribution in [2.45, 2.75) is 112 Å². The molecule has 3 saturated carbocycles. The third-order valence-electron chi connectivity index (χ3n) is 8.74. The molecule has 0 radical (unpaired) electrons. The molecule has 5 aliphatic rings. The molecule has 0 aromatic heterocycles. The minimum absolute atomic E-state index is 0.165. The van der Waals surface area contributed by atoms with Gasteiger partial charge in [-0.3, -0.25) is 4.79 Å². The fourth-order valence-corrected chi connectivity index (χ4v) is 7.39. The summed E-state index contributed by atoms with van der Waals surface area (Å²) in [6.07, 6.45) is 6.34. The summed E-state index contributed by atoms with van der Waals surface area (Å²) in [5.41, 5.74) is -0.709. The lowest BCUT2D eigenvalue weighted by Crippen LogP contribution is -2.65. The van der Waals surface area contributed by atoms with Gasteiger partial charge in [-0.15, -0.1) is 23.4 Å². The fraction of sp³-hybridized carbons (Fsp3) is 0.960. The predicted octanol–water partition coefficient (Wildman–Crippen LogP) is 1.20. The van der Waals surface area contributed by atoms with E-state index < -0.39 is 41.3 Å². The van der Waals surface area contributed by atoms with E-state index in [1.54, 1.807) is 13.2 Å². The zero-order chi connectivity index (χ0) is 25.1. The Morgan fingerprint density at radius 1 is 1.14 bits per heavy atom. The smallest absolute Gasteiger partial charge is 0.237 e. The van der Waals surface area contributed by atoms with Gasteiger partial charge in [-0.2, -0.15) is 0 Å². The molecule has 2 saturated heterocycles. The molecular weight excluding hydrogens is 490 g/mol. The highest BCUT2D eigenvalue weighted by Gasteiger charge is 2.48. The number of aliphatic hydroxyl groups excluding tert-OH is 3. The molecule has 10 heteroatoms. The van der Waals surface area contributed by atoms with E-state index in [2.05, 4.69) is 16.0 Å². The number of halogens is 1. The van der Waals surface area contributed by atoms with Crippen molar-refractivity contribution in [2.24, 2.45) is 17.8 Å². The Labute approximate surface area is 218 Å². The second-order valence-electron chi connectivity index (χ2n) is 11.2. The Balaban J connectivity index is 1.23. The van der Waals surface area contributed by atoms with Gasteiger partial charge in [0.2, 0.25) is 5.91 Å². The molecule has 35 heavy (non-hydrogen) atoms. The average Bonchev–Trinajstić information content (AvgIpc) is 3.31. The van der Waals surface area contributed by atoms with Gasteiger partial charge in [0.05, 0.1) is 17.5 Å². The second-order valence-corrected chi connectivity index (χ2v) is 12.8. The number of ether oxygens (including phenoxy) is 1. The Morgan fingerprint density at radius 2 is 1.91 bits per heavy atom. The van der Waals surface area contributed by atoms with Crippen LogP contribution in [0, 0.1) is 17.8 Å². The first-order valence-corrected chi connectivity index (χ1v) is 15.1. The maximum atomic E-state index is 13.2. The van der Waals surface area contributed by atoms with Crippen molar-refractivity contribution < 1.29 is 24.9 Å². The Kier molecular flexibility index (Phi) is 10.0. The van der Waals surface area contributed by atoms with Crippen LogP contribution in [-0.2, 0) is 9.53 Å². The number of hydrogen-bond donors (Lipinski definition) is 6. The number of alkyl halides is 1. The summed E-state index contributed by atoms with van der Waals surface area (Å²) in [5.74, 6) is 2.37. The first-order valence-electron chi connectivity index (χ1n) is 13.4. The minimum Gasteiger partial charge on any atom is -0.388 e. The summed E-state index contributed by atoms with van der Waals surface area (Å²) in [6, 6.07) is -0.276. The summed E-state index contributed by atoms with van der Waals surface area (Å²) >= 11 is 7.65. The van der Waals surface area contributed by atoms with Crippen molar-refractivity contribution in [1.82, 2.24) is 16.0 Å². The Bertz CT molecular complexity index is 698. The number of carbonyl (C=O) groups is 1. The molecule has 0 aromatic carbocycles. The second kappa shape index (κ2) is 12.6. The monoisotopic (exact) mass is 533 g/mol. The Morgan fingerprint density at radius 3 is 2.57 bits per heavy atom. The number of nitrogens with one attached hydrogen (secondary N) is 3. The molecule has 1 amide bonds. The molecular formula is C25H44ClN3O5S. The standard InChI is InChI=1S/C25H44ClN3O5S/c1-13(26)19(23-21(31)20(30)22(32)25(34-23)35-2)29-24(33)17-6-5-14(7-9-28-17)4-3-8-27-18-12-15-10-16(18)11-15/h13-23,25,27-28,30-32H,3-12H2,1-2H3,(H,29,33)/t13-,14-,15-,16-,17-,18?,19+,20?,21?,22+,23+,25?/m0/s1. The van der Waals surface area contributed by atoms with Crippen LogP contribution in [0.15, 0.2) is 0 Å². The fourth-order valence-electron chi connectivity index (χ4n) is 6.50. The summed E-state index contributed by atoms with van der Waals surface area (Å²) in [4.78, 5) is 13.2. The molecule has 0 spiro atoms. The van der Waals surface area contributed by atoms with Gasteiger partial charge in [0.25, 0.3) is 0 Å². The van der Waals surface area contributed by atoms with E-state index in [1.165, 1.54) is 43.9 Å². The third-order valence-corrected chi connectivity index (χ3v) is 9.87. The molecule has 5 fully saturated rings. The predicted molar refractivity (Wildman–Crippen MR) is 138 cm³/mol. The lowest BCUT2D eigenvalue weighted by molar-refractivity contribution is -0.205. The van der Waals surface area contributed by atoms with Gasteiger partial charge in [0, 0.05) is 6.04 Å². The van der Waals surface area contributed by atoms with Crippen molar-refractivity contribution in [3.05, 3.63) is 0 Å². The summed E-state index contributed by atoms with van der Waals surface area (Å²) in [5, 5.41) is 40.6.